The molecule has 1 atom stereocenters. The number of carbonyl (C=O) groups is 1. The number of carbonyl (C=O) groups excluding carboxylic acids is 1. The van der Waals surface area contributed by atoms with Crippen molar-refractivity contribution in [3.05, 3.63) is 23.8 Å². The van der Waals surface area contributed by atoms with Gasteiger partial charge in [-0.2, -0.15) is 0 Å². The molecule has 1 rings (SSSR count). The van der Waals surface area contributed by atoms with Gasteiger partial charge in [-0.05, 0) is 24.1 Å². The first-order valence-corrected chi connectivity index (χ1v) is 6.72. The standard InChI is InChI=1S/C15H24N2O3/c1-10(2)13(8-16)15(18)17-9-11-7-12(19-3)5-6-14(11)20-4/h5-7,10,13H,8-9,16H2,1-4H3,(H,17,18). The van der Waals surface area contributed by atoms with Crippen LogP contribution in [0.5, 0.6) is 11.5 Å². The Morgan fingerprint density at radius 1 is 1.30 bits per heavy atom. The molecule has 0 fully saturated rings. The van der Waals surface area contributed by atoms with Gasteiger partial charge in [0.25, 0.3) is 0 Å². The van der Waals surface area contributed by atoms with Crippen molar-refractivity contribution in [3.8, 4) is 11.5 Å². The lowest BCUT2D eigenvalue weighted by atomic mass is 9.95. The Labute approximate surface area is 120 Å². The highest BCUT2D eigenvalue weighted by Gasteiger charge is 2.20. The molecule has 1 aromatic carbocycles. The Hall–Kier alpha value is -1.75. The SMILES string of the molecule is COc1ccc(OC)c(CNC(=O)C(CN)C(C)C)c1. The Kier molecular flexibility index (Phi) is 6.31. The van der Waals surface area contributed by atoms with E-state index in [-0.39, 0.29) is 17.7 Å². The maximum Gasteiger partial charge on any atom is 0.224 e. The molecule has 5 heteroatoms. The zero-order valence-electron chi connectivity index (χ0n) is 12.6. The van der Waals surface area contributed by atoms with Crippen molar-refractivity contribution >= 4 is 5.91 Å². The van der Waals surface area contributed by atoms with Crippen LogP contribution in [0.3, 0.4) is 0 Å². The molecule has 5 nitrogen and oxygen atoms in total. The molecule has 0 aliphatic carbocycles. The van der Waals surface area contributed by atoms with Gasteiger partial charge in [0.1, 0.15) is 11.5 Å². The molecule has 112 valence electrons. The van der Waals surface area contributed by atoms with Gasteiger partial charge in [0.2, 0.25) is 5.91 Å². The van der Waals surface area contributed by atoms with E-state index in [9.17, 15) is 4.79 Å². The molecule has 0 saturated carbocycles. The number of rotatable bonds is 7. The van der Waals surface area contributed by atoms with Crippen LogP contribution in [-0.2, 0) is 11.3 Å². The van der Waals surface area contributed by atoms with Gasteiger partial charge in [-0.15, -0.1) is 0 Å². The fraction of sp³-hybridized carbons (Fsp3) is 0.533. The van der Waals surface area contributed by atoms with Crippen molar-refractivity contribution in [2.75, 3.05) is 20.8 Å². The minimum Gasteiger partial charge on any atom is -0.497 e. The molecule has 0 spiro atoms. The molecule has 1 amide bonds. The summed E-state index contributed by atoms with van der Waals surface area (Å²) in [5, 5.41) is 2.90. The number of hydrogen-bond donors (Lipinski definition) is 2. The van der Waals surface area contributed by atoms with Crippen LogP contribution in [-0.4, -0.2) is 26.7 Å². The van der Waals surface area contributed by atoms with Gasteiger partial charge in [0, 0.05) is 18.7 Å². The number of amides is 1. The molecule has 1 aromatic rings. The van der Waals surface area contributed by atoms with Crippen LogP contribution in [0.2, 0.25) is 0 Å². The Bertz CT molecular complexity index is 447. The summed E-state index contributed by atoms with van der Waals surface area (Å²) in [5.41, 5.74) is 6.51. The van der Waals surface area contributed by atoms with Gasteiger partial charge in [0.05, 0.1) is 20.1 Å². The van der Waals surface area contributed by atoms with Gasteiger partial charge in [-0.25, -0.2) is 0 Å². The van der Waals surface area contributed by atoms with Crippen molar-refractivity contribution in [2.45, 2.75) is 20.4 Å². The smallest absolute Gasteiger partial charge is 0.224 e. The largest absolute Gasteiger partial charge is 0.497 e. The van der Waals surface area contributed by atoms with Crippen LogP contribution in [0.1, 0.15) is 19.4 Å². The van der Waals surface area contributed by atoms with E-state index in [0.717, 1.165) is 17.1 Å². The highest BCUT2D eigenvalue weighted by Crippen LogP contribution is 2.23. The summed E-state index contributed by atoms with van der Waals surface area (Å²) in [6.45, 7) is 4.72. The number of hydrogen-bond acceptors (Lipinski definition) is 4. The van der Waals surface area contributed by atoms with Crippen LogP contribution >= 0.6 is 0 Å². The zero-order chi connectivity index (χ0) is 15.1. The van der Waals surface area contributed by atoms with E-state index in [1.807, 2.05) is 32.0 Å². The molecule has 0 aliphatic heterocycles. The number of nitrogens with one attached hydrogen (secondary N) is 1. The maximum atomic E-state index is 12.1. The third-order valence-corrected chi connectivity index (χ3v) is 3.34. The fourth-order valence-electron chi connectivity index (χ4n) is 2.02. The second-order valence-corrected chi connectivity index (χ2v) is 4.98. The van der Waals surface area contributed by atoms with Crippen LogP contribution in [0.15, 0.2) is 18.2 Å². The number of nitrogens with two attached hydrogens (primary N) is 1. The second kappa shape index (κ2) is 7.75. The number of methoxy groups -OCH3 is 2. The average Bonchev–Trinajstić information content (AvgIpc) is 2.45. The average molecular weight is 280 g/mol. The molecule has 0 aliphatic rings. The summed E-state index contributed by atoms with van der Waals surface area (Å²) < 4.78 is 10.5. The second-order valence-electron chi connectivity index (χ2n) is 4.98. The van der Waals surface area contributed by atoms with E-state index >= 15 is 0 Å². The minimum atomic E-state index is -0.174. The summed E-state index contributed by atoms with van der Waals surface area (Å²) >= 11 is 0. The predicted molar refractivity (Wildman–Crippen MR) is 78.8 cm³/mol. The highest BCUT2D eigenvalue weighted by molar-refractivity contribution is 5.79. The Morgan fingerprint density at radius 3 is 2.50 bits per heavy atom. The number of benzene rings is 1. The monoisotopic (exact) mass is 280 g/mol. The maximum absolute atomic E-state index is 12.1. The van der Waals surface area contributed by atoms with E-state index in [1.54, 1.807) is 14.2 Å². The first kappa shape index (κ1) is 16.3. The number of ether oxygens (including phenoxy) is 2. The van der Waals surface area contributed by atoms with Crippen molar-refractivity contribution in [1.29, 1.82) is 0 Å². The normalized spacial score (nSPS) is 12.1. The molecule has 1 unspecified atom stereocenters. The first-order valence-electron chi connectivity index (χ1n) is 6.72. The Balaban J connectivity index is 2.75. The quantitative estimate of drug-likeness (QED) is 0.795. The lowest BCUT2D eigenvalue weighted by Crippen LogP contribution is -2.37. The van der Waals surface area contributed by atoms with E-state index in [2.05, 4.69) is 5.32 Å². The van der Waals surface area contributed by atoms with Gasteiger partial charge in [-0.1, -0.05) is 13.8 Å². The molecule has 0 radical (unpaired) electrons. The van der Waals surface area contributed by atoms with Gasteiger partial charge in [0.15, 0.2) is 0 Å². The molecule has 20 heavy (non-hydrogen) atoms. The lowest BCUT2D eigenvalue weighted by Gasteiger charge is -2.19. The minimum absolute atomic E-state index is 0.0348. The fourth-order valence-corrected chi connectivity index (χ4v) is 2.02. The van der Waals surface area contributed by atoms with Gasteiger partial charge < -0.3 is 20.5 Å². The predicted octanol–water partition coefficient (Wildman–Crippen LogP) is 1.55. The lowest BCUT2D eigenvalue weighted by molar-refractivity contribution is -0.126. The molecule has 3 N–H and O–H groups in total. The third-order valence-electron chi connectivity index (χ3n) is 3.34. The topological polar surface area (TPSA) is 73.6 Å². The molecule has 0 saturated heterocycles. The van der Waals surface area contributed by atoms with Crippen LogP contribution < -0.4 is 20.5 Å². The van der Waals surface area contributed by atoms with Crippen molar-refractivity contribution < 1.29 is 14.3 Å². The summed E-state index contributed by atoms with van der Waals surface area (Å²) in [4.78, 5) is 12.1. The van der Waals surface area contributed by atoms with Crippen LogP contribution in [0.4, 0.5) is 0 Å². The van der Waals surface area contributed by atoms with E-state index in [1.165, 1.54) is 0 Å². The van der Waals surface area contributed by atoms with Crippen LogP contribution in [0.25, 0.3) is 0 Å². The van der Waals surface area contributed by atoms with Gasteiger partial charge >= 0.3 is 0 Å². The summed E-state index contributed by atoms with van der Waals surface area (Å²) in [7, 11) is 3.21. The molecule has 0 heterocycles. The molecular formula is C15H24N2O3. The van der Waals surface area contributed by atoms with E-state index in [0.29, 0.717) is 13.1 Å². The summed E-state index contributed by atoms with van der Waals surface area (Å²) in [5.74, 6) is 1.46. The van der Waals surface area contributed by atoms with Crippen molar-refractivity contribution in [3.63, 3.8) is 0 Å². The Morgan fingerprint density at radius 2 is 2.00 bits per heavy atom. The van der Waals surface area contributed by atoms with Crippen molar-refractivity contribution in [1.82, 2.24) is 5.32 Å². The highest BCUT2D eigenvalue weighted by atomic mass is 16.5. The molecule has 0 bridgehead atoms. The zero-order valence-corrected chi connectivity index (χ0v) is 12.6. The third kappa shape index (κ3) is 4.13. The molecule has 0 aromatic heterocycles. The van der Waals surface area contributed by atoms with Crippen molar-refractivity contribution in [2.24, 2.45) is 17.6 Å². The van der Waals surface area contributed by atoms with Crippen LogP contribution in [0, 0.1) is 11.8 Å². The molecular weight excluding hydrogens is 256 g/mol. The first-order chi connectivity index (χ1) is 9.53. The van der Waals surface area contributed by atoms with Gasteiger partial charge in [-0.3, -0.25) is 4.79 Å². The van der Waals surface area contributed by atoms with E-state index in [4.69, 9.17) is 15.2 Å². The van der Waals surface area contributed by atoms with E-state index < -0.39 is 0 Å². The summed E-state index contributed by atoms with van der Waals surface area (Å²) in [6, 6.07) is 5.50. The summed E-state index contributed by atoms with van der Waals surface area (Å²) in [6.07, 6.45) is 0.